The molecule has 1 aromatic rings. The summed E-state index contributed by atoms with van der Waals surface area (Å²) in [6, 6.07) is 8.33. The fourth-order valence-corrected chi connectivity index (χ4v) is 3.40. The molecule has 152 valence electrons. The van der Waals surface area contributed by atoms with Gasteiger partial charge >= 0.3 is 5.97 Å². The van der Waals surface area contributed by atoms with E-state index in [1.807, 2.05) is 37.3 Å². The topological polar surface area (TPSA) is 107 Å². The van der Waals surface area contributed by atoms with Crippen LogP contribution in [-0.4, -0.2) is 64.3 Å². The van der Waals surface area contributed by atoms with Crippen molar-refractivity contribution in [2.75, 3.05) is 19.6 Å². The van der Waals surface area contributed by atoms with Crippen molar-refractivity contribution in [3.8, 4) is 0 Å². The zero-order chi connectivity index (χ0) is 20.8. The Morgan fingerprint density at radius 3 is 2.46 bits per heavy atom. The van der Waals surface area contributed by atoms with E-state index in [-0.39, 0.29) is 49.8 Å². The minimum Gasteiger partial charge on any atom is -0.480 e. The van der Waals surface area contributed by atoms with Crippen molar-refractivity contribution < 1.29 is 24.3 Å². The van der Waals surface area contributed by atoms with Crippen LogP contribution in [-0.2, 0) is 19.2 Å². The van der Waals surface area contributed by atoms with Crippen LogP contribution in [0, 0.1) is 5.92 Å². The third-order valence-electron chi connectivity index (χ3n) is 5.09. The smallest absolute Gasteiger partial charge is 0.326 e. The van der Waals surface area contributed by atoms with Crippen LogP contribution >= 0.6 is 0 Å². The first-order chi connectivity index (χ1) is 13.2. The van der Waals surface area contributed by atoms with Gasteiger partial charge in [0.25, 0.3) is 0 Å². The van der Waals surface area contributed by atoms with Crippen LogP contribution in [0.1, 0.15) is 38.8 Å². The van der Waals surface area contributed by atoms with Crippen LogP contribution in [0.3, 0.4) is 0 Å². The van der Waals surface area contributed by atoms with Gasteiger partial charge in [0.15, 0.2) is 0 Å². The number of nitrogens with one attached hydrogen (secondary N) is 1. The van der Waals surface area contributed by atoms with Gasteiger partial charge in [0.1, 0.15) is 6.04 Å². The summed E-state index contributed by atoms with van der Waals surface area (Å²) < 4.78 is 0. The zero-order valence-corrected chi connectivity index (χ0v) is 16.4. The first-order valence-electron chi connectivity index (χ1n) is 9.34. The van der Waals surface area contributed by atoms with Gasteiger partial charge in [-0.3, -0.25) is 14.4 Å². The number of carbonyl (C=O) groups is 4. The number of rotatable bonds is 8. The summed E-state index contributed by atoms with van der Waals surface area (Å²) in [5.74, 6) is -2.49. The molecule has 28 heavy (non-hydrogen) atoms. The van der Waals surface area contributed by atoms with E-state index in [4.69, 9.17) is 0 Å². The van der Waals surface area contributed by atoms with Crippen LogP contribution in [0.15, 0.2) is 30.3 Å². The molecule has 0 saturated carbocycles. The van der Waals surface area contributed by atoms with E-state index in [0.717, 1.165) is 5.56 Å². The van der Waals surface area contributed by atoms with E-state index in [1.165, 1.54) is 18.7 Å². The van der Waals surface area contributed by atoms with Crippen LogP contribution in [0.5, 0.6) is 0 Å². The minimum absolute atomic E-state index is 0.0545. The van der Waals surface area contributed by atoms with E-state index in [1.54, 1.807) is 4.90 Å². The number of hydrogen-bond acceptors (Lipinski definition) is 4. The highest BCUT2D eigenvalue weighted by Crippen LogP contribution is 2.29. The molecule has 0 spiro atoms. The molecule has 0 aliphatic carbocycles. The molecule has 3 amide bonds. The quantitative estimate of drug-likeness (QED) is 0.691. The lowest BCUT2D eigenvalue weighted by Gasteiger charge is -2.30. The van der Waals surface area contributed by atoms with Crippen molar-refractivity contribution in [1.82, 2.24) is 15.1 Å². The summed E-state index contributed by atoms with van der Waals surface area (Å²) >= 11 is 0. The Hall–Kier alpha value is -2.90. The number of likely N-dealkylation sites (tertiary alicyclic amines) is 1. The summed E-state index contributed by atoms with van der Waals surface area (Å²) in [5, 5.41) is 11.9. The van der Waals surface area contributed by atoms with Gasteiger partial charge in [0.05, 0.1) is 12.0 Å². The molecule has 1 saturated heterocycles. The maximum absolute atomic E-state index is 13.0. The van der Waals surface area contributed by atoms with Crippen molar-refractivity contribution in [1.29, 1.82) is 0 Å². The molecule has 8 heteroatoms. The molecule has 8 nitrogen and oxygen atoms in total. The van der Waals surface area contributed by atoms with Crippen molar-refractivity contribution in [3.63, 3.8) is 0 Å². The molecule has 1 fully saturated rings. The zero-order valence-electron chi connectivity index (χ0n) is 16.4. The SMILES string of the molecule is CC(=O)NCCN(C(=O)C1CC(=O)N(C(C)c2ccccc2)C1)C(C)C(=O)O. The summed E-state index contributed by atoms with van der Waals surface area (Å²) in [4.78, 5) is 50.9. The minimum atomic E-state index is -1.13. The second-order valence-corrected chi connectivity index (χ2v) is 7.06. The highest BCUT2D eigenvalue weighted by molar-refractivity contribution is 5.91. The highest BCUT2D eigenvalue weighted by Gasteiger charge is 2.40. The molecule has 1 heterocycles. The predicted molar refractivity (Wildman–Crippen MR) is 102 cm³/mol. The van der Waals surface area contributed by atoms with Gasteiger partial charge in [0.2, 0.25) is 17.7 Å². The van der Waals surface area contributed by atoms with Crippen molar-refractivity contribution in [2.45, 2.75) is 39.3 Å². The molecule has 1 aliphatic rings. The fraction of sp³-hybridized carbons (Fsp3) is 0.500. The average Bonchev–Trinajstić information content (AvgIpc) is 3.05. The van der Waals surface area contributed by atoms with E-state index in [0.29, 0.717) is 0 Å². The highest BCUT2D eigenvalue weighted by atomic mass is 16.4. The van der Waals surface area contributed by atoms with Gasteiger partial charge in [0, 0.05) is 33.0 Å². The maximum Gasteiger partial charge on any atom is 0.326 e. The molecular weight excluding hydrogens is 362 g/mol. The number of hydrogen-bond donors (Lipinski definition) is 2. The lowest BCUT2D eigenvalue weighted by Crippen LogP contribution is -2.49. The van der Waals surface area contributed by atoms with E-state index >= 15 is 0 Å². The summed E-state index contributed by atoms with van der Waals surface area (Å²) in [7, 11) is 0. The van der Waals surface area contributed by atoms with Crippen molar-refractivity contribution >= 4 is 23.7 Å². The van der Waals surface area contributed by atoms with Crippen LogP contribution in [0.4, 0.5) is 0 Å². The predicted octanol–water partition coefficient (Wildman–Crippen LogP) is 1.03. The molecular formula is C20H27N3O5. The normalized spacial score (nSPS) is 18.5. The molecule has 0 aromatic heterocycles. The van der Waals surface area contributed by atoms with Crippen LogP contribution < -0.4 is 5.32 Å². The Labute approximate surface area is 164 Å². The molecule has 3 unspecified atom stereocenters. The van der Waals surface area contributed by atoms with Crippen LogP contribution in [0.2, 0.25) is 0 Å². The van der Waals surface area contributed by atoms with Gasteiger partial charge in [-0.25, -0.2) is 4.79 Å². The molecule has 2 N–H and O–H groups in total. The lowest BCUT2D eigenvalue weighted by atomic mass is 10.1. The van der Waals surface area contributed by atoms with Crippen molar-refractivity contribution in [2.24, 2.45) is 5.92 Å². The number of carbonyl (C=O) groups excluding carboxylic acids is 3. The summed E-state index contributed by atoms with van der Waals surface area (Å²) in [6.07, 6.45) is 0.0545. The van der Waals surface area contributed by atoms with E-state index in [2.05, 4.69) is 5.32 Å². The van der Waals surface area contributed by atoms with E-state index in [9.17, 15) is 24.3 Å². The summed E-state index contributed by atoms with van der Waals surface area (Å²) in [5.41, 5.74) is 0.977. The molecule has 1 aliphatic heterocycles. The third kappa shape index (κ3) is 5.09. The average molecular weight is 389 g/mol. The first-order valence-corrected chi connectivity index (χ1v) is 9.34. The number of amides is 3. The Morgan fingerprint density at radius 1 is 1.25 bits per heavy atom. The lowest BCUT2D eigenvalue weighted by molar-refractivity contribution is -0.151. The number of aliphatic carboxylic acids is 1. The molecule has 3 atom stereocenters. The fourth-order valence-electron chi connectivity index (χ4n) is 3.40. The maximum atomic E-state index is 13.0. The van der Waals surface area contributed by atoms with Gasteiger partial charge in [-0.05, 0) is 19.4 Å². The second-order valence-electron chi connectivity index (χ2n) is 7.06. The van der Waals surface area contributed by atoms with Crippen molar-refractivity contribution in [3.05, 3.63) is 35.9 Å². The molecule has 0 radical (unpaired) electrons. The number of carboxylic acid groups (broad SMARTS) is 1. The molecule has 2 rings (SSSR count). The largest absolute Gasteiger partial charge is 0.480 e. The Bertz CT molecular complexity index is 737. The Morgan fingerprint density at radius 2 is 1.89 bits per heavy atom. The third-order valence-corrected chi connectivity index (χ3v) is 5.09. The first kappa shape index (κ1) is 21.4. The van der Waals surface area contributed by atoms with E-state index < -0.39 is 17.9 Å². The number of carboxylic acids is 1. The molecule has 1 aromatic carbocycles. The Kier molecular flexibility index (Phi) is 7.14. The number of benzene rings is 1. The van der Waals surface area contributed by atoms with Gasteiger partial charge in [-0.2, -0.15) is 0 Å². The van der Waals surface area contributed by atoms with Gasteiger partial charge in [-0.1, -0.05) is 30.3 Å². The molecule has 0 bridgehead atoms. The van der Waals surface area contributed by atoms with Gasteiger partial charge in [-0.15, -0.1) is 0 Å². The Balaban J connectivity index is 2.10. The number of nitrogens with zero attached hydrogens (tertiary/aromatic N) is 2. The van der Waals surface area contributed by atoms with Gasteiger partial charge < -0.3 is 20.2 Å². The monoisotopic (exact) mass is 389 g/mol. The summed E-state index contributed by atoms with van der Waals surface area (Å²) in [6.45, 7) is 5.17. The van der Waals surface area contributed by atoms with Crippen LogP contribution in [0.25, 0.3) is 0 Å². The standard InChI is InChI=1S/C20H27N3O5/c1-13(16-7-5-4-6-8-16)23-12-17(11-18(23)25)19(26)22(14(2)20(27)28)10-9-21-15(3)24/h4-8,13-14,17H,9-12H2,1-3H3,(H,21,24)(H,27,28). The second kappa shape index (κ2) is 9.34.